The molecule has 0 aliphatic carbocycles. The molecule has 104 valence electrons. The number of rotatable bonds is 4. The zero-order valence-corrected chi connectivity index (χ0v) is 11.1. The van der Waals surface area contributed by atoms with Gasteiger partial charge in [-0.2, -0.15) is 4.98 Å². The Labute approximate surface area is 118 Å². The molecule has 2 rings (SSSR count). The first-order valence-corrected chi connectivity index (χ1v) is 5.80. The molecule has 1 heterocycles. The van der Waals surface area contributed by atoms with E-state index in [4.69, 9.17) is 22.2 Å². The van der Waals surface area contributed by atoms with Crippen LogP contribution in [0.3, 0.4) is 0 Å². The Morgan fingerprint density at radius 1 is 1.45 bits per heavy atom. The summed E-state index contributed by atoms with van der Waals surface area (Å²) in [5.74, 6) is 5.03. The molecule has 1 aromatic heterocycles. The van der Waals surface area contributed by atoms with Gasteiger partial charge < -0.3 is 10.2 Å². The Morgan fingerprint density at radius 2 is 2.20 bits per heavy atom. The molecule has 0 spiro atoms. The fourth-order valence-electron chi connectivity index (χ4n) is 1.50. The number of nitro groups is 1. The number of anilines is 1. The molecule has 0 bridgehead atoms. The standard InChI is InChI=1S/C11H10ClN5O3/c1-6-2-3-8(7(12)4-6)20-11-9(17(18)19)10(16-13)14-5-15-11/h2-5H,13H2,1H3,(H,14,15,16). The lowest BCUT2D eigenvalue weighted by atomic mass is 10.2. The highest BCUT2D eigenvalue weighted by molar-refractivity contribution is 6.32. The van der Waals surface area contributed by atoms with Gasteiger partial charge in [0.1, 0.15) is 12.1 Å². The second-order valence-electron chi connectivity index (χ2n) is 3.81. The van der Waals surface area contributed by atoms with Gasteiger partial charge >= 0.3 is 11.6 Å². The molecule has 0 atom stereocenters. The maximum atomic E-state index is 11.0. The lowest BCUT2D eigenvalue weighted by molar-refractivity contribution is -0.385. The van der Waals surface area contributed by atoms with Crippen LogP contribution in [-0.4, -0.2) is 14.9 Å². The van der Waals surface area contributed by atoms with E-state index < -0.39 is 10.6 Å². The number of hydrogen-bond acceptors (Lipinski definition) is 7. The minimum Gasteiger partial charge on any atom is -0.432 e. The van der Waals surface area contributed by atoms with E-state index >= 15 is 0 Å². The number of ether oxygens (including phenoxy) is 1. The van der Waals surface area contributed by atoms with E-state index in [0.717, 1.165) is 11.9 Å². The van der Waals surface area contributed by atoms with Crippen molar-refractivity contribution in [3.63, 3.8) is 0 Å². The molecule has 20 heavy (non-hydrogen) atoms. The summed E-state index contributed by atoms with van der Waals surface area (Å²) in [7, 11) is 0. The van der Waals surface area contributed by atoms with Crippen molar-refractivity contribution in [2.45, 2.75) is 6.92 Å². The van der Waals surface area contributed by atoms with Crippen molar-refractivity contribution in [2.75, 3.05) is 5.43 Å². The molecule has 0 saturated heterocycles. The van der Waals surface area contributed by atoms with Crippen LogP contribution in [0, 0.1) is 17.0 Å². The van der Waals surface area contributed by atoms with Gasteiger partial charge in [0.25, 0.3) is 0 Å². The Bertz CT molecular complexity index is 665. The summed E-state index contributed by atoms with van der Waals surface area (Å²) in [5.41, 5.74) is 2.59. The Kier molecular flexibility index (Phi) is 3.97. The molecular formula is C11H10ClN5O3. The smallest absolute Gasteiger partial charge is 0.374 e. The molecule has 2 aromatic rings. The van der Waals surface area contributed by atoms with E-state index in [-0.39, 0.29) is 17.4 Å². The average Bonchev–Trinajstić information content (AvgIpc) is 2.41. The molecule has 0 aliphatic heterocycles. The second-order valence-corrected chi connectivity index (χ2v) is 4.22. The van der Waals surface area contributed by atoms with Crippen LogP contribution < -0.4 is 16.0 Å². The molecule has 0 amide bonds. The molecule has 0 radical (unpaired) electrons. The Balaban J connectivity index is 2.45. The second kappa shape index (κ2) is 5.68. The minimum atomic E-state index is -0.688. The number of nitrogens with two attached hydrogens (primary N) is 1. The maximum absolute atomic E-state index is 11.0. The van der Waals surface area contributed by atoms with E-state index in [1.54, 1.807) is 18.2 Å². The number of aryl methyl sites for hydroxylation is 1. The summed E-state index contributed by atoms with van der Waals surface area (Å²) >= 11 is 6.01. The first-order valence-electron chi connectivity index (χ1n) is 5.43. The molecule has 0 unspecified atom stereocenters. The fraction of sp³-hybridized carbons (Fsp3) is 0.0909. The zero-order valence-electron chi connectivity index (χ0n) is 10.3. The van der Waals surface area contributed by atoms with Gasteiger partial charge in [-0.3, -0.25) is 10.1 Å². The molecule has 1 aromatic carbocycles. The van der Waals surface area contributed by atoms with Gasteiger partial charge in [-0.05, 0) is 24.6 Å². The van der Waals surface area contributed by atoms with E-state index in [0.29, 0.717) is 5.02 Å². The van der Waals surface area contributed by atoms with Crippen LogP contribution in [0.4, 0.5) is 11.5 Å². The average molecular weight is 296 g/mol. The summed E-state index contributed by atoms with van der Waals surface area (Å²) < 4.78 is 5.38. The van der Waals surface area contributed by atoms with Crippen LogP contribution in [0.2, 0.25) is 5.02 Å². The number of nitrogen functional groups attached to an aromatic ring is 1. The Hall–Kier alpha value is -2.45. The quantitative estimate of drug-likeness (QED) is 0.505. The minimum absolute atomic E-state index is 0.150. The highest BCUT2D eigenvalue weighted by Gasteiger charge is 2.25. The van der Waals surface area contributed by atoms with E-state index in [1.807, 2.05) is 6.92 Å². The van der Waals surface area contributed by atoms with Gasteiger partial charge in [-0.25, -0.2) is 10.8 Å². The first-order chi connectivity index (χ1) is 9.52. The van der Waals surface area contributed by atoms with E-state index in [2.05, 4.69) is 15.4 Å². The number of nitrogens with zero attached hydrogens (tertiary/aromatic N) is 3. The third-order valence-electron chi connectivity index (χ3n) is 2.40. The Morgan fingerprint density at radius 3 is 2.80 bits per heavy atom. The van der Waals surface area contributed by atoms with Gasteiger partial charge in [0.15, 0.2) is 0 Å². The largest absolute Gasteiger partial charge is 0.432 e. The molecule has 9 heteroatoms. The van der Waals surface area contributed by atoms with E-state index in [1.165, 1.54) is 0 Å². The molecule has 3 N–H and O–H groups in total. The first kappa shape index (κ1) is 14.0. The van der Waals surface area contributed by atoms with Crippen molar-refractivity contribution in [3.8, 4) is 11.6 Å². The summed E-state index contributed by atoms with van der Waals surface area (Å²) in [6.07, 6.45) is 1.10. The van der Waals surface area contributed by atoms with Gasteiger partial charge in [0.05, 0.1) is 9.95 Å². The fourth-order valence-corrected chi connectivity index (χ4v) is 1.77. The number of nitrogens with one attached hydrogen (secondary N) is 1. The molecule has 8 nitrogen and oxygen atoms in total. The van der Waals surface area contributed by atoms with Crippen LogP contribution in [0.25, 0.3) is 0 Å². The van der Waals surface area contributed by atoms with E-state index in [9.17, 15) is 10.1 Å². The lowest BCUT2D eigenvalue weighted by Gasteiger charge is -2.08. The summed E-state index contributed by atoms with van der Waals surface area (Å²) in [6, 6.07) is 5.03. The van der Waals surface area contributed by atoms with Crippen LogP contribution in [0.15, 0.2) is 24.5 Å². The van der Waals surface area contributed by atoms with Crippen LogP contribution >= 0.6 is 11.6 Å². The number of benzene rings is 1. The topological polar surface area (TPSA) is 116 Å². The zero-order chi connectivity index (χ0) is 14.7. The molecule has 0 saturated carbocycles. The highest BCUT2D eigenvalue weighted by atomic mass is 35.5. The number of aromatic nitrogens is 2. The summed E-state index contributed by atoms with van der Waals surface area (Å²) in [5, 5.41) is 11.4. The monoisotopic (exact) mass is 295 g/mol. The SMILES string of the molecule is Cc1ccc(Oc2ncnc(NN)c2[N+](=O)[O-])c(Cl)c1. The molecule has 0 aliphatic rings. The highest BCUT2D eigenvalue weighted by Crippen LogP contribution is 2.36. The normalized spacial score (nSPS) is 10.2. The summed E-state index contributed by atoms with van der Waals surface area (Å²) in [6.45, 7) is 1.86. The number of hydrogen-bond donors (Lipinski definition) is 2. The predicted molar refractivity (Wildman–Crippen MR) is 72.8 cm³/mol. The van der Waals surface area contributed by atoms with Gasteiger partial charge in [-0.15, -0.1) is 0 Å². The molecular weight excluding hydrogens is 286 g/mol. The maximum Gasteiger partial charge on any atom is 0.374 e. The number of halogens is 1. The predicted octanol–water partition coefficient (Wildman–Crippen LogP) is 2.42. The molecule has 0 fully saturated rings. The number of hydrazine groups is 1. The van der Waals surface area contributed by atoms with Crippen molar-refractivity contribution < 1.29 is 9.66 Å². The van der Waals surface area contributed by atoms with Crippen molar-refractivity contribution in [1.82, 2.24) is 9.97 Å². The van der Waals surface area contributed by atoms with Crippen LogP contribution in [0.1, 0.15) is 5.56 Å². The van der Waals surface area contributed by atoms with Crippen LogP contribution in [0.5, 0.6) is 11.6 Å². The van der Waals surface area contributed by atoms with Gasteiger partial charge in [-0.1, -0.05) is 17.7 Å². The van der Waals surface area contributed by atoms with Crippen molar-refractivity contribution in [1.29, 1.82) is 0 Å². The van der Waals surface area contributed by atoms with Crippen molar-refractivity contribution in [3.05, 3.63) is 45.2 Å². The van der Waals surface area contributed by atoms with Gasteiger partial charge in [0, 0.05) is 0 Å². The lowest BCUT2D eigenvalue weighted by Crippen LogP contribution is -2.12. The third-order valence-corrected chi connectivity index (χ3v) is 2.70. The van der Waals surface area contributed by atoms with Crippen molar-refractivity contribution >= 4 is 23.1 Å². The van der Waals surface area contributed by atoms with Gasteiger partial charge in [0.2, 0.25) is 5.82 Å². The van der Waals surface area contributed by atoms with Crippen LogP contribution in [-0.2, 0) is 0 Å². The third kappa shape index (κ3) is 2.76. The summed E-state index contributed by atoms with van der Waals surface area (Å²) in [4.78, 5) is 17.8. The van der Waals surface area contributed by atoms with Crippen molar-refractivity contribution in [2.24, 2.45) is 5.84 Å².